The minimum absolute atomic E-state index is 0.0102. The van der Waals surface area contributed by atoms with Crippen molar-refractivity contribution >= 4 is 17.5 Å². The van der Waals surface area contributed by atoms with Crippen molar-refractivity contribution in [3.05, 3.63) is 93.5 Å². The van der Waals surface area contributed by atoms with Crippen molar-refractivity contribution in [2.24, 2.45) is 4.99 Å². The third-order valence-electron chi connectivity index (χ3n) is 7.23. The number of aliphatic imine (C=N–C) groups is 1. The van der Waals surface area contributed by atoms with Gasteiger partial charge in [0.15, 0.2) is 11.5 Å². The molecule has 182 valence electrons. The summed E-state index contributed by atoms with van der Waals surface area (Å²) in [5.41, 5.74) is 5.01. The molecule has 36 heavy (non-hydrogen) atoms. The molecule has 3 aromatic rings. The zero-order valence-electron chi connectivity index (χ0n) is 20.9. The van der Waals surface area contributed by atoms with E-state index < -0.39 is 11.1 Å². The number of carbonyl (C=O) groups excluding carboxylic acids is 2. The number of phenols is 1. The van der Waals surface area contributed by atoms with E-state index >= 15 is 0 Å². The van der Waals surface area contributed by atoms with Crippen molar-refractivity contribution in [1.82, 2.24) is 4.90 Å². The molecule has 2 amide bonds. The number of nitrogens with zero attached hydrogens (tertiary/aromatic N) is 2. The fourth-order valence-corrected chi connectivity index (χ4v) is 5.71. The van der Waals surface area contributed by atoms with E-state index in [0.717, 1.165) is 28.0 Å². The molecule has 0 atom stereocenters. The summed E-state index contributed by atoms with van der Waals surface area (Å²) in [5, 5.41) is 11.6. The highest BCUT2D eigenvalue weighted by Gasteiger charge is 2.43. The Morgan fingerprint density at radius 1 is 0.889 bits per heavy atom. The van der Waals surface area contributed by atoms with Gasteiger partial charge in [-0.3, -0.25) is 19.5 Å². The van der Waals surface area contributed by atoms with Gasteiger partial charge in [-0.05, 0) is 51.8 Å². The van der Waals surface area contributed by atoms with E-state index in [9.17, 15) is 14.7 Å². The first kappa shape index (κ1) is 22.5. The fraction of sp³-hybridized carbons (Fsp3) is 0.300. The minimum atomic E-state index is -0.503. The molecule has 0 bridgehead atoms. The van der Waals surface area contributed by atoms with Crippen LogP contribution in [0.4, 0.5) is 0 Å². The van der Waals surface area contributed by atoms with Gasteiger partial charge in [0.25, 0.3) is 11.8 Å². The van der Waals surface area contributed by atoms with E-state index in [1.54, 1.807) is 24.3 Å². The summed E-state index contributed by atoms with van der Waals surface area (Å²) in [7, 11) is 0. The number of ether oxygens (including phenoxy) is 1. The molecule has 3 aliphatic rings. The number of phenolic OH excluding ortho intramolecular Hbond substituents is 1. The van der Waals surface area contributed by atoms with Gasteiger partial charge in [0, 0.05) is 28.7 Å². The Morgan fingerprint density at radius 3 is 2.14 bits per heavy atom. The maximum Gasteiger partial charge on any atom is 0.261 e. The van der Waals surface area contributed by atoms with E-state index in [4.69, 9.17) is 9.73 Å². The summed E-state index contributed by atoms with van der Waals surface area (Å²) in [6.07, 6.45) is 1.19. The zero-order chi connectivity index (χ0) is 25.4. The van der Waals surface area contributed by atoms with Gasteiger partial charge in [-0.2, -0.15) is 0 Å². The van der Waals surface area contributed by atoms with Gasteiger partial charge >= 0.3 is 0 Å². The predicted molar refractivity (Wildman–Crippen MR) is 137 cm³/mol. The molecule has 6 nitrogen and oxygen atoms in total. The predicted octanol–water partition coefficient (Wildman–Crippen LogP) is 5.07. The second-order valence-corrected chi connectivity index (χ2v) is 11.1. The van der Waals surface area contributed by atoms with Crippen LogP contribution in [0.1, 0.15) is 76.2 Å². The molecule has 0 radical (unpaired) electrons. The molecule has 3 aromatic carbocycles. The summed E-state index contributed by atoms with van der Waals surface area (Å²) in [5.74, 6) is -0.264. The second-order valence-electron chi connectivity index (χ2n) is 11.1. The minimum Gasteiger partial charge on any atom is -0.504 e. The number of rotatable bonds is 3. The van der Waals surface area contributed by atoms with Gasteiger partial charge < -0.3 is 9.84 Å². The molecular weight excluding hydrogens is 452 g/mol. The maximum atomic E-state index is 13.2. The Kier molecular flexibility index (Phi) is 4.71. The molecular formula is C30H28N2O4. The van der Waals surface area contributed by atoms with Crippen molar-refractivity contribution < 1.29 is 19.4 Å². The Hall–Kier alpha value is -3.93. The lowest BCUT2D eigenvalue weighted by molar-refractivity contribution is 0.0640. The Morgan fingerprint density at radius 2 is 1.50 bits per heavy atom. The monoisotopic (exact) mass is 480 g/mol. The normalized spacial score (nSPS) is 18.9. The summed E-state index contributed by atoms with van der Waals surface area (Å²) in [6.45, 7) is 8.09. The van der Waals surface area contributed by atoms with Gasteiger partial charge in [-0.25, -0.2) is 0 Å². The number of fused-ring (bicyclic) bond motifs is 4. The lowest BCUT2D eigenvalue weighted by Crippen LogP contribution is -2.34. The molecule has 1 N–H and O–H groups in total. The highest BCUT2D eigenvalue weighted by molar-refractivity contribution is 6.21. The SMILES string of the molecule is CC1(C)Cc2c(CN3C(=O)c4ccccc4C3=O)c(O)c3c(c2C(c2ccccc2)=N1)CC(C)(C)O3. The first-order valence-corrected chi connectivity index (χ1v) is 12.3. The van der Waals surface area contributed by atoms with Gasteiger partial charge in [-0.1, -0.05) is 42.5 Å². The first-order valence-electron chi connectivity index (χ1n) is 12.3. The van der Waals surface area contributed by atoms with Crippen molar-refractivity contribution in [2.45, 2.75) is 58.2 Å². The summed E-state index contributed by atoms with van der Waals surface area (Å²) < 4.78 is 6.25. The van der Waals surface area contributed by atoms with E-state index in [1.165, 1.54) is 4.90 Å². The maximum absolute atomic E-state index is 13.2. The van der Waals surface area contributed by atoms with Crippen LogP contribution in [0.15, 0.2) is 59.6 Å². The molecule has 0 aromatic heterocycles. The number of aromatic hydroxyl groups is 1. The molecule has 0 saturated heterocycles. The molecule has 3 aliphatic heterocycles. The highest BCUT2D eigenvalue weighted by Crippen LogP contribution is 2.50. The second kappa shape index (κ2) is 7.53. The van der Waals surface area contributed by atoms with Crippen LogP contribution < -0.4 is 4.74 Å². The Labute approximate surface area is 210 Å². The standard InChI is InChI=1S/C30H28N2O4/c1-29(2)14-20-22(16-32-27(34)18-12-8-9-13-19(18)28(32)35)25(33)26-21(15-30(3,4)36-26)23(20)24(31-29)17-10-6-5-7-11-17/h5-13,33H,14-16H2,1-4H3. The number of carbonyl (C=O) groups is 2. The molecule has 0 unspecified atom stereocenters. The van der Waals surface area contributed by atoms with E-state index in [2.05, 4.69) is 13.8 Å². The van der Waals surface area contributed by atoms with Crippen LogP contribution in [0.25, 0.3) is 0 Å². The fourth-order valence-electron chi connectivity index (χ4n) is 5.71. The van der Waals surface area contributed by atoms with Crippen LogP contribution >= 0.6 is 0 Å². The summed E-state index contributed by atoms with van der Waals surface area (Å²) >= 11 is 0. The first-order chi connectivity index (χ1) is 17.1. The third kappa shape index (κ3) is 3.35. The van der Waals surface area contributed by atoms with Crippen molar-refractivity contribution in [1.29, 1.82) is 0 Å². The highest BCUT2D eigenvalue weighted by atomic mass is 16.5. The van der Waals surface area contributed by atoms with E-state index in [1.807, 2.05) is 44.2 Å². The van der Waals surface area contributed by atoms with Crippen molar-refractivity contribution in [2.75, 3.05) is 0 Å². The smallest absolute Gasteiger partial charge is 0.261 e. The lowest BCUT2D eigenvalue weighted by Gasteiger charge is -2.33. The molecule has 0 aliphatic carbocycles. The number of imide groups is 1. The lowest BCUT2D eigenvalue weighted by atomic mass is 9.78. The number of hydrogen-bond donors (Lipinski definition) is 1. The number of amides is 2. The zero-order valence-corrected chi connectivity index (χ0v) is 20.9. The van der Waals surface area contributed by atoms with Gasteiger partial charge in [0.2, 0.25) is 0 Å². The van der Waals surface area contributed by atoms with Crippen molar-refractivity contribution in [3.8, 4) is 11.5 Å². The van der Waals surface area contributed by atoms with Crippen LogP contribution in [0, 0.1) is 0 Å². The Balaban J connectivity index is 1.57. The summed E-state index contributed by atoms with van der Waals surface area (Å²) in [6, 6.07) is 16.9. The average Bonchev–Trinajstić information content (AvgIpc) is 3.29. The largest absolute Gasteiger partial charge is 0.504 e. The van der Waals surface area contributed by atoms with Gasteiger partial charge in [-0.15, -0.1) is 0 Å². The van der Waals surface area contributed by atoms with Crippen LogP contribution in [0.3, 0.4) is 0 Å². The number of hydrogen-bond acceptors (Lipinski definition) is 5. The van der Waals surface area contributed by atoms with Crippen LogP contribution in [0.5, 0.6) is 11.5 Å². The van der Waals surface area contributed by atoms with Gasteiger partial charge in [0.05, 0.1) is 28.9 Å². The van der Waals surface area contributed by atoms with Crippen LogP contribution in [-0.4, -0.2) is 38.7 Å². The molecule has 0 spiro atoms. The van der Waals surface area contributed by atoms with Gasteiger partial charge in [0.1, 0.15) is 5.60 Å². The summed E-state index contributed by atoms with van der Waals surface area (Å²) in [4.78, 5) is 32.8. The van der Waals surface area contributed by atoms with Crippen LogP contribution in [-0.2, 0) is 19.4 Å². The van der Waals surface area contributed by atoms with Crippen molar-refractivity contribution in [3.63, 3.8) is 0 Å². The Bertz CT molecular complexity index is 1450. The van der Waals surface area contributed by atoms with Crippen LogP contribution in [0.2, 0.25) is 0 Å². The topological polar surface area (TPSA) is 79.2 Å². The molecule has 6 heteroatoms. The average molecular weight is 481 g/mol. The van der Waals surface area contributed by atoms with E-state index in [-0.39, 0.29) is 24.1 Å². The molecule has 6 rings (SSSR count). The third-order valence-corrected chi connectivity index (χ3v) is 7.23. The quantitative estimate of drug-likeness (QED) is 0.531. The number of benzene rings is 3. The molecule has 3 heterocycles. The van der Waals surface area contributed by atoms with E-state index in [0.29, 0.717) is 35.3 Å². The molecule has 0 saturated carbocycles. The molecule has 0 fully saturated rings.